The van der Waals surface area contributed by atoms with Crippen molar-refractivity contribution in [2.45, 2.75) is 6.92 Å². The fourth-order valence-electron chi connectivity index (χ4n) is 3.72. The van der Waals surface area contributed by atoms with Gasteiger partial charge in [0.05, 0.1) is 12.9 Å². The van der Waals surface area contributed by atoms with Gasteiger partial charge in [0.15, 0.2) is 0 Å². The Morgan fingerprint density at radius 3 is 2.03 bits per heavy atom. The third-order valence-corrected chi connectivity index (χ3v) is 8.00. The first kappa shape index (κ1) is 22.5. The molecule has 1 aromatic carbocycles. The second kappa shape index (κ2) is 10.2. The van der Waals surface area contributed by atoms with Crippen molar-refractivity contribution in [2.75, 3.05) is 65.3 Å². The van der Waals surface area contributed by atoms with E-state index in [1.165, 1.54) is 4.90 Å². The quantitative estimate of drug-likeness (QED) is 0.355. The molecule has 3 aliphatic rings. The van der Waals surface area contributed by atoms with Gasteiger partial charge in [-0.2, -0.15) is 0 Å². The zero-order valence-corrected chi connectivity index (χ0v) is 18.2. The van der Waals surface area contributed by atoms with E-state index in [0.717, 1.165) is 6.41 Å². The Kier molecular flexibility index (Phi) is 7.64. The molecule has 30 heavy (non-hydrogen) atoms. The molecule has 0 aromatic heterocycles. The third-order valence-electron chi connectivity index (χ3n) is 5.47. The maximum absolute atomic E-state index is 13.7. The first-order chi connectivity index (χ1) is 14.5. The average Bonchev–Trinajstić information content (AvgIpc) is 2.75. The number of hydrogen-bond donors (Lipinski definition) is 0. The average molecular weight is 436 g/mol. The van der Waals surface area contributed by atoms with E-state index >= 15 is 0 Å². The van der Waals surface area contributed by atoms with E-state index in [9.17, 15) is 18.9 Å². The topological polar surface area (TPSA) is 90.5 Å². The van der Waals surface area contributed by atoms with Gasteiger partial charge in [0, 0.05) is 57.7 Å². The number of hydrogen-bond acceptors (Lipinski definition) is 6. The van der Waals surface area contributed by atoms with Crippen LogP contribution in [0.25, 0.3) is 0 Å². The van der Waals surface area contributed by atoms with Crippen LogP contribution in [0, 0.1) is 0 Å². The molecule has 0 radical (unpaired) electrons. The molecule has 0 spiro atoms. The highest BCUT2D eigenvalue weighted by atomic mass is 31.2. The SMILES string of the molecule is CCOP(=O)(CN1CCN(C=O)CCN2CCN(CC1)C(=O)C2=O)c1ccccc1. The maximum atomic E-state index is 13.7. The molecule has 2 bridgehead atoms. The lowest BCUT2D eigenvalue weighted by atomic mass is 10.2. The molecule has 1 unspecified atom stereocenters. The smallest absolute Gasteiger partial charge is 0.312 e. The Morgan fingerprint density at radius 2 is 1.43 bits per heavy atom. The number of rotatable bonds is 6. The van der Waals surface area contributed by atoms with Gasteiger partial charge in [-0.1, -0.05) is 18.2 Å². The van der Waals surface area contributed by atoms with Gasteiger partial charge in [0.1, 0.15) is 0 Å². The number of nitrogens with zero attached hydrogens (tertiary/aromatic N) is 4. The lowest BCUT2D eigenvalue weighted by Gasteiger charge is -2.37. The summed E-state index contributed by atoms with van der Waals surface area (Å²) in [7, 11) is -3.15. The summed E-state index contributed by atoms with van der Waals surface area (Å²) in [4.78, 5) is 42.9. The molecule has 10 heteroatoms. The maximum Gasteiger partial charge on any atom is 0.312 e. The molecule has 1 atom stereocenters. The molecule has 9 nitrogen and oxygen atoms in total. The van der Waals surface area contributed by atoms with Crippen LogP contribution in [-0.2, 0) is 23.5 Å². The second-order valence-corrected chi connectivity index (χ2v) is 9.82. The summed E-state index contributed by atoms with van der Waals surface area (Å²) >= 11 is 0. The monoisotopic (exact) mass is 436 g/mol. The molecule has 3 aliphatic heterocycles. The number of amides is 3. The van der Waals surface area contributed by atoms with E-state index in [4.69, 9.17) is 4.52 Å². The van der Waals surface area contributed by atoms with Crippen molar-refractivity contribution in [3.63, 3.8) is 0 Å². The minimum absolute atomic E-state index is 0.180. The van der Waals surface area contributed by atoms with E-state index in [1.807, 2.05) is 30.0 Å². The molecule has 0 aliphatic carbocycles. The van der Waals surface area contributed by atoms with Crippen LogP contribution in [0.15, 0.2) is 30.3 Å². The third kappa shape index (κ3) is 5.28. The Bertz CT molecular complexity index is 806. The fraction of sp³-hybridized carbons (Fsp3) is 0.550. The molecule has 3 fully saturated rings. The summed E-state index contributed by atoms with van der Waals surface area (Å²) in [6.07, 6.45) is 0.936. The second-order valence-electron chi connectivity index (χ2n) is 7.41. The van der Waals surface area contributed by atoms with E-state index in [0.29, 0.717) is 64.3 Å². The van der Waals surface area contributed by atoms with E-state index in [-0.39, 0.29) is 6.29 Å². The number of fused-ring (bicyclic) bond motifs is 9. The van der Waals surface area contributed by atoms with Crippen molar-refractivity contribution in [1.29, 1.82) is 0 Å². The minimum Gasteiger partial charge on any atom is -0.342 e. The van der Waals surface area contributed by atoms with Crippen LogP contribution >= 0.6 is 7.37 Å². The zero-order chi connectivity index (χ0) is 21.6. The predicted molar refractivity (Wildman–Crippen MR) is 113 cm³/mol. The lowest BCUT2D eigenvalue weighted by molar-refractivity contribution is -0.156. The van der Waals surface area contributed by atoms with E-state index < -0.39 is 19.2 Å². The van der Waals surface area contributed by atoms with Crippen LogP contribution in [0.3, 0.4) is 0 Å². The molecular weight excluding hydrogens is 407 g/mol. The van der Waals surface area contributed by atoms with Gasteiger partial charge in [-0.25, -0.2) is 0 Å². The summed E-state index contributed by atoms with van der Waals surface area (Å²) in [5.41, 5.74) is 0. The summed E-state index contributed by atoms with van der Waals surface area (Å²) < 4.78 is 19.4. The van der Waals surface area contributed by atoms with Crippen molar-refractivity contribution in [3.05, 3.63) is 30.3 Å². The summed E-state index contributed by atoms with van der Waals surface area (Å²) in [5, 5.41) is 0.644. The van der Waals surface area contributed by atoms with Gasteiger partial charge in [-0.3, -0.25) is 23.8 Å². The molecule has 3 amide bonds. The highest BCUT2D eigenvalue weighted by Gasteiger charge is 2.34. The predicted octanol–water partition coefficient (Wildman–Crippen LogP) is 0.0288. The van der Waals surface area contributed by atoms with Gasteiger partial charge >= 0.3 is 11.8 Å². The first-order valence-electron chi connectivity index (χ1n) is 10.3. The Morgan fingerprint density at radius 1 is 0.900 bits per heavy atom. The van der Waals surface area contributed by atoms with Gasteiger partial charge in [-0.15, -0.1) is 0 Å². The largest absolute Gasteiger partial charge is 0.342 e. The highest BCUT2D eigenvalue weighted by Crippen LogP contribution is 2.46. The summed E-state index contributed by atoms with van der Waals surface area (Å²) in [6, 6.07) is 9.11. The van der Waals surface area contributed by atoms with Crippen molar-refractivity contribution >= 4 is 30.9 Å². The summed E-state index contributed by atoms with van der Waals surface area (Å²) in [5.74, 6) is -1.04. The summed E-state index contributed by atoms with van der Waals surface area (Å²) in [6.45, 7) is 5.48. The molecule has 164 valence electrons. The highest BCUT2D eigenvalue weighted by molar-refractivity contribution is 7.66. The number of piperazine rings is 1. The van der Waals surface area contributed by atoms with E-state index in [2.05, 4.69) is 0 Å². The molecule has 1 aromatic rings. The Labute approximate surface area is 177 Å². The van der Waals surface area contributed by atoms with Crippen molar-refractivity contribution in [3.8, 4) is 0 Å². The number of carbonyl (C=O) groups excluding carboxylic acids is 3. The molecule has 0 saturated carbocycles. The van der Waals surface area contributed by atoms with Crippen LogP contribution in [0.5, 0.6) is 0 Å². The van der Waals surface area contributed by atoms with E-state index in [1.54, 1.807) is 21.9 Å². The van der Waals surface area contributed by atoms with Gasteiger partial charge in [0.2, 0.25) is 13.8 Å². The van der Waals surface area contributed by atoms with Crippen LogP contribution in [0.4, 0.5) is 0 Å². The van der Waals surface area contributed by atoms with Crippen LogP contribution in [-0.4, -0.2) is 103 Å². The van der Waals surface area contributed by atoms with Crippen LogP contribution in [0.1, 0.15) is 6.92 Å². The van der Waals surface area contributed by atoms with Crippen molar-refractivity contribution in [2.24, 2.45) is 0 Å². The van der Waals surface area contributed by atoms with Gasteiger partial charge < -0.3 is 19.2 Å². The normalized spacial score (nSPS) is 21.2. The molecule has 3 heterocycles. The minimum atomic E-state index is -3.15. The van der Waals surface area contributed by atoms with Crippen LogP contribution in [0.2, 0.25) is 0 Å². The standard InChI is InChI=1S/C20H29N4O5P/c1-2-29-30(28,18-6-4-3-5-7-18)17-22-9-8-21(16-25)10-12-23-14-15-24(13-11-22)20(27)19(23)26/h3-7,16H,2,8-15,17H2,1H3. The molecule has 3 saturated heterocycles. The zero-order valence-electron chi connectivity index (χ0n) is 17.3. The number of carbonyl (C=O) groups is 3. The lowest BCUT2D eigenvalue weighted by Crippen LogP contribution is -2.57. The van der Waals surface area contributed by atoms with Crippen LogP contribution < -0.4 is 5.30 Å². The first-order valence-corrected chi connectivity index (χ1v) is 12.1. The van der Waals surface area contributed by atoms with Gasteiger partial charge in [-0.05, 0) is 19.1 Å². The molecule has 4 rings (SSSR count). The fourth-order valence-corrected chi connectivity index (χ4v) is 5.96. The van der Waals surface area contributed by atoms with Gasteiger partial charge in [0.25, 0.3) is 0 Å². The molecule has 0 N–H and O–H groups in total. The molecular formula is C20H29N4O5P. The van der Waals surface area contributed by atoms with Crippen molar-refractivity contribution in [1.82, 2.24) is 19.6 Å². The van der Waals surface area contributed by atoms with Crippen molar-refractivity contribution < 1.29 is 23.5 Å². The Balaban J connectivity index is 1.81. The Hall–Kier alpha value is -2.22. The number of benzene rings is 1.